The lowest BCUT2D eigenvalue weighted by Crippen LogP contribution is -2.32. The van der Waals surface area contributed by atoms with Crippen LogP contribution in [0.1, 0.15) is 41.6 Å². The largest absolute Gasteiger partial charge is 0.337 e. The monoisotopic (exact) mass is 426 g/mol. The van der Waals surface area contributed by atoms with Gasteiger partial charge in [-0.25, -0.2) is 8.42 Å². The molecule has 3 rings (SSSR count). The average Bonchev–Trinajstić information content (AvgIpc) is 2.99. The molecule has 0 radical (unpaired) electrons. The Morgan fingerprint density at radius 2 is 1.89 bits per heavy atom. The predicted octanol–water partition coefficient (Wildman–Crippen LogP) is 4.24. The number of thiophene rings is 1. The van der Waals surface area contributed by atoms with Crippen LogP contribution in [0.4, 0.5) is 0 Å². The van der Waals surface area contributed by atoms with Crippen LogP contribution in [0.25, 0.3) is 0 Å². The van der Waals surface area contributed by atoms with Crippen molar-refractivity contribution in [1.82, 2.24) is 9.21 Å². The summed E-state index contributed by atoms with van der Waals surface area (Å²) in [6, 6.07) is 6.45. The Kier molecular flexibility index (Phi) is 6.57. The molecule has 1 amide bonds. The highest BCUT2D eigenvalue weighted by molar-refractivity contribution is 7.89. The smallest absolute Gasteiger partial charge is 0.253 e. The van der Waals surface area contributed by atoms with Crippen molar-refractivity contribution in [3.8, 4) is 0 Å². The van der Waals surface area contributed by atoms with Crippen LogP contribution in [-0.2, 0) is 16.6 Å². The minimum Gasteiger partial charge on any atom is -0.337 e. The zero-order chi connectivity index (χ0) is 19.4. The maximum Gasteiger partial charge on any atom is 0.253 e. The molecule has 146 valence electrons. The van der Waals surface area contributed by atoms with Crippen molar-refractivity contribution in [2.45, 2.75) is 37.1 Å². The maximum atomic E-state index is 13.1. The summed E-state index contributed by atoms with van der Waals surface area (Å²) in [4.78, 5) is 14.4. The van der Waals surface area contributed by atoms with Crippen molar-refractivity contribution >= 4 is 38.9 Å². The van der Waals surface area contributed by atoms with Crippen LogP contribution in [0, 0.1) is 0 Å². The van der Waals surface area contributed by atoms with Gasteiger partial charge in [-0.15, -0.1) is 0 Å². The first kappa shape index (κ1) is 20.3. The summed E-state index contributed by atoms with van der Waals surface area (Å²) in [6.07, 6.45) is 3.76. The Morgan fingerprint density at radius 1 is 1.19 bits per heavy atom. The van der Waals surface area contributed by atoms with Gasteiger partial charge in [-0.3, -0.25) is 4.79 Å². The van der Waals surface area contributed by atoms with Crippen molar-refractivity contribution in [2.75, 3.05) is 20.1 Å². The number of halogens is 1. The molecule has 0 N–H and O–H groups in total. The molecule has 2 aromatic rings. The molecule has 1 fully saturated rings. The normalized spacial score (nSPS) is 16.1. The van der Waals surface area contributed by atoms with Gasteiger partial charge < -0.3 is 4.90 Å². The minimum atomic E-state index is -3.72. The van der Waals surface area contributed by atoms with Crippen molar-refractivity contribution < 1.29 is 13.2 Å². The first-order valence-electron chi connectivity index (χ1n) is 8.96. The van der Waals surface area contributed by atoms with Gasteiger partial charge in [0.15, 0.2) is 0 Å². The zero-order valence-electron chi connectivity index (χ0n) is 15.2. The lowest BCUT2D eigenvalue weighted by molar-refractivity contribution is 0.0785. The molecule has 1 saturated heterocycles. The summed E-state index contributed by atoms with van der Waals surface area (Å²) in [5.74, 6) is -0.231. The van der Waals surface area contributed by atoms with Crippen LogP contribution in [0.2, 0.25) is 5.02 Å². The third-order valence-electron chi connectivity index (χ3n) is 4.71. The molecule has 1 aromatic heterocycles. The molecule has 0 spiro atoms. The molecule has 8 heteroatoms. The number of carbonyl (C=O) groups excluding carboxylic acids is 1. The third-order valence-corrected chi connectivity index (χ3v) is 7.82. The van der Waals surface area contributed by atoms with Crippen molar-refractivity contribution in [2.24, 2.45) is 0 Å². The van der Waals surface area contributed by atoms with Crippen LogP contribution in [0.15, 0.2) is 39.9 Å². The lowest BCUT2D eigenvalue weighted by atomic mass is 10.2. The highest BCUT2D eigenvalue weighted by Gasteiger charge is 2.28. The van der Waals surface area contributed by atoms with E-state index in [9.17, 15) is 13.2 Å². The van der Waals surface area contributed by atoms with E-state index in [1.54, 1.807) is 29.4 Å². The molecule has 1 aromatic carbocycles. The summed E-state index contributed by atoms with van der Waals surface area (Å²) < 4.78 is 27.7. The van der Waals surface area contributed by atoms with Gasteiger partial charge in [-0.2, -0.15) is 15.6 Å². The van der Waals surface area contributed by atoms with E-state index in [-0.39, 0.29) is 15.8 Å². The SMILES string of the molecule is CN(Cc1ccsc1)C(=O)c1ccc(Cl)c(S(=O)(=O)N2CCCCCC2)c1. The van der Waals surface area contributed by atoms with Crippen molar-refractivity contribution in [3.63, 3.8) is 0 Å². The summed E-state index contributed by atoms with van der Waals surface area (Å²) in [5.41, 5.74) is 1.37. The highest BCUT2D eigenvalue weighted by Crippen LogP contribution is 2.28. The van der Waals surface area contributed by atoms with Gasteiger partial charge in [0.2, 0.25) is 10.0 Å². The van der Waals surface area contributed by atoms with Gasteiger partial charge in [-0.1, -0.05) is 24.4 Å². The van der Waals surface area contributed by atoms with Crippen LogP contribution < -0.4 is 0 Å². The molecule has 0 unspecified atom stereocenters. The van der Waals surface area contributed by atoms with Crippen LogP contribution in [0.3, 0.4) is 0 Å². The van der Waals surface area contributed by atoms with E-state index < -0.39 is 10.0 Å². The van der Waals surface area contributed by atoms with Crippen LogP contribution in [-0.4, -0.2) is 43.7 Å². The van der Waals surface area contributed by atoms with Gasteiger partial charge in [0, 0.05) is 32.2 Å². The number of amides is 1. The second-order valence-electron chi connectivity index (χ2n) is 6.76. The second kappa shape index (κ2) is 8.73. The first-order chi connectivity index (χ1) is 12.9. The number of nitrogens with zero attached hydrogens (tertiary/aromatic N) is 2. The van der Waals surface area contributed by atoms with E-state index >= 15 is 0 Å². The summed E-state index contributed by atoms with van der Waals surface area (Å²) in [6.45, 7) is 1.46. The molecule has 5 nitrogen and oxygen atoms in total. The fourth-order valence-electron chi connectivity index (χ4n) is 3.20. The number of sulfonamides is 1. The Morgan fingerprint density at radius 3 is 2.52 bits per heavy atom. The van der Waals surface area contributed by atoms with Gasteiger partial charge in [0.05, 0.1) is 5.02 Å². The van der Waals surface area contributed by atoms with Crippen LogP contribution in [0.5, 0.6) is 0 Å². The quantitative estimate of drug-likeness (QED) is 0.718. The molecule has 1 aliphatic rings. The fourth-order valence-corrected chi connectivity index (χ4v) is 5.88. The van der Waals surface area contributed by atoms with E-state index in [0.29, 0.717) is 25.2 Å². The molecule has 1 aliphatic heterocycles. The summed E-state index contributed by atoms with van der Waals surface area (Å²) in [7, 11) is -2.01. The number of hydrogen-bond donors (Lipinski definition) is 0. The number of rotatable bonds is 5. The molecule has 27 heavy (non-hydrogen) atoms. The summed E-state index contributed by atoms with van der Waals surface area (Å²) in [5, 5.41) is 4.10. The minimum absolute atomic E-state index is 0.0147. The molecule has 0 saturated carbocycles. The fraction of sp³-hybridized carbons (Fsp3) is 0.421. The zero-order valence-corrected chi connectivity index (χ0v) is 17.6. The maximum absolute atomic E-state index is 13.1. The van der Waals surface area contributed by atoms with Crippen molar-refractivity contribution in [1.29, 1.82) is 0 Å². The molecule has 2 heterocycles. The second-order valence-corrected chi connectivity index (χ2v) is 9.85. The van der Waals surface area contributed by atoms with E-state index in [1.165, 1.54) is 16.4 Å². The predicted molar refractivity (Wildman–Crippen MR) is 109 cm³/mol. The Labute approximate surface area is 169 Å². The van der Waals surface area contributed by atoms with E-state index in [4.69, 9.17) is 11.6 Å². The Hall–Kier alpha value is -1.41. The Bertz CT molecular complexity index is 890. The molecule has 0 bridgehead atoms. The molecular weight excluding hydrogens is 404 g/mol. The molecule has 0 atom stereocenters. The van der Waals surface area contributed by atoms with Crippen molar-refractivity contribution in [3.05, 3.63) is 51.2 Å². The van der Waals surface area contributed by atoms with Gasteiger partial charge >= 0.3 is 0 Å². The Balaban J connectivity index is 1.86. The first-order valence-corrected chi connectivity index (χ1v) is 11.7. The topological polar surface area (TPSA) is 57.7 Å². The van der Waals surface area contributed by atoms with Gasteiger partial charge in [-0.05, 0) is 53.4 Å². The standard InChI is InChI=1S/C19H23ClN2O3S2/c1-21(13-15-8-11-26-14-15)19(23)16-6-7-17(20)18(12-16)27(24,25)22-9-4-2-3-5-10-22/h6-8,11-12,14H,2-5,9-10,13H2,1H3. The number of benzene rings is 1. The third kappa shape index (κ3) is 4.71. The van der Waals surface area contributed by atoms with E-state index in [0.717, 1.165) is 31.2 Å². The van der Waals surface area contributed by atoms with Crippen LogP contribution >= 0.6 is 22.9 Å². The molecular formula is C19H23ClN2O3S2. The summed E-state index contributed by atoms with van der Waals surface area (Å²) >= 11 is 7.78. The van der Waals surface area contributed by atoms with Gasteiger partial charge in [0.25, 0.3) is 5.91 Å². The lowest BCUT2D eigenvalue weighted by Gasteiger charge is -2.22. The number of carbonyl (C=O) groups is 1. The average molecular weight is 427 g/mol. The van der Waals surface area contributed by atoms with Gasteiger partial charge in [0.1, 0.15) is 4.90 Å². The number of hydrogen-bond acceptors (Lipinski definition) is 4. The van der Waals surface area contributed by atoms with E-state index in [2.05, 4.69) is 0 Å². The van der Waals surface area contributed by atoms with E-state index in [1.807, 2.05) is 16.8 Å². The highest BCUT2D eigenvalue weighted by atomic mass is 35.5. The molecule has 0 aliphatic carbocycles.